The monoisotopic (exact) mass is 258 g/mol. The predicted octanol–water partition coefficient (Wildman–Crippen LogP) is 2.24. The zero-order chi connectivity index (χ0) is 11.7. The van der Waals surface area contributed by atoms with Crippen LogP contribution in [0, 0.1) is 13.8 Å². The second-order valence-corrected chi connectivity index (χ2v) is 5.24. The van der Waals surface area contributed by atoms with Crippen LogP contribution in [0.25, 0.3) is 0 Å². The average molecular weight is 258 g/mol. The summed E-state index contributed by atoms with van der Waals surface area (Å²) in [5.74, 6) is 0.616. The number of aromatic nitrogens is 2. The summed E-state index contributed by atoms with van der Waals surface area (Å²) < 4.78 is 9.70. The van der Waals surface area contributed by atoms with Crippen LogP contribution in [0.3, 0.4) is 0 Å². The normalized spacial score (nSPS) is 10.9. The summed E-state index contributed by atoms with van der Waals surface area (Å²) in [7, 11) is 2.84. The number of aryl methyl sites for hydroxylation is 2. The summed E-state index contributed by atoms with van der Waals surface area (Å²) in [4.78, 5) is 1.59. The number of hydrogen-bond acceptors (Lipinski definition) is 8. The van der Waals surface area contributed by atoms with E-state index in [1.165, 1.54) is 21.6 Å². The summed E-state index contributed by atoms with van der Waals surface area (Å²) in [5, 5.41) is 7.51. The lowest BCUT2D eigenvalue weighted by atomic mass is 10.5. The molecule has 0 aromatic carbocycles. The molecule has 6 nitrogen and oxygen atoms in total. The third-order valence-corrected chi connectivity index (χ3v) is 4.53. The summed E-state index contributed by atoms with van der Waals surface area (Å²) in [6.45, 7) is 3.65. The van der Waals surface area contributed by atoms with Gasteiger partial charge in [-0.05, 0) is 35.4 Å². The molecule has 0 aliphatic rings. The number of anilines is 2. The van der Waals surface area contributed by atoms with Gasteiger partial charge in [0.25, 0.3) is 0 Å². The van der Waals surface area contributed by atoms with Crippen molar-refractivity contribution >= 4 is 33.4 Å². The van der Waals surface area contributed by atoms with Crippen molar-refractivity contribution in [3.05, 3.63) is 11.4 Å². The Bertz CT molecular complexity index is 423. The molecule has 0 unspecified atom stereocenters. The van der Waals surface area contributed by atoms with E-state index in [1.54, 1.807) is 0 Å². The first kappa shape index (κ1) is 11.2. The van der Waals surface area contributed by atoms with E-state index in [9.17, 15) is 0 Å². The minimum atomic E-state index is 0.308. The van der Waals surface area contributed by atoms with Gasteiger partial charge >= 0.3 is 0 Å². The summed E-state index contributed by atoms with van der Waals surface area (Å²) in [6.07, 6.45) is 0. The largest absolute Gasteiger partial charge is 0.367 e. The van der Waals surface area contributed by atoms with Crippen molar-refractivity contribution < 1.29 is 9.05 Å². The van der Waals surface area contributed by atoms with Crippen LogP contribution >= 0.6 is 21.6 Å². The van der Waals surface area contributed by atoms with Gasteiger partial charge < -0.3 is 20.5 Å². The van der Waals surface area contributed by atoms with E-state index in [4.69, 9.17) is 20.5 Å². The lowest BCUT2D eigenvalue weighted by Crippen LogP contribution is -1.84. The van der Waals surface area contributed by atoms with Crippen LogP contribution < -0.4 is 11.5 Å². The van der Waals surface area contributed by atoms with Gasteiger partial charge in [0.15, 0.2) is 0 Å². The standard InChI is InChI=1S/C8H10N4O2S2/c1-3-5(7(9)13-11-3)15-16-6-4(2)12-14-8(6)10/h9-10H2,1-2H3. The molecule has 0 aliphatic heterocycles. The molecule has 0 fully saturated rings. The molecule has 0 saturated carbocycles. The number of hydrogen-bond donors (Lipinski definition) is 2. The molecule has 0 amide bonds. The van der Waals surface area contributed by atoms with Crippen molar-refractivity contribution in [1.29, 1.82) is 0 Å². The van der Waals surface area contributed by atoms with Gasteiger partial charge in [0, 0.05) is 0 Å². The molecule has 0 radical (unpaired) electrons. The maximum atomic E-state index is 5.62. The molecule has 0 atom stereocenters. The SMILES string of the molecule is Cc1noc(N)c1SSc1c(C)noc1N. The van der Waals surface area contributed by atoms with Crippen molar-refractivity contribution in [3.8, 4) is 0 Å². The maximum Gasteiger partial charge on any atom is 0.236 e. The van der Waals surface area contributed by atoms with Crippen molar-refractivity contribution in [1.82, 2.24) is 10.3 Å². The number of nitrogens with two attached hydrogens (primary N) is 2. The van der Waals surface area contributed by atoms with E-state index in [2.05, 4.69) is 10.3 Å². The van der Waals surface area contributed by atoms with E-state index >= 15 is 0 Å². The van der Waals surface area contributed by atoms with E-state index < -0.39 is 0 Å². The zero-order valence-electron chi connectivity index (χ0n) is 8.68. The van der Waals surface area contributed by atoms with Crippen LogP contribution in [-0.4, -0.2) is 10.3 Å². The highest BCUT2D eigenvalue weighted by Gasteiger charge is 2.16. The van der Waals surface area contributed by atoms with E-state index in [1.807, 2.05) is 13.8 Å². The second-order valence-electron chi connectivity index (χ2n) is 3.09. The van der Waals surface area contributed by atoms with E-state index in [0.717, 1.165) is 21.2 Å². The van der Waals surface area contributed by atoms with Crippen LogP contribution in [0.4, 0.5) is 11.8 Å². The van der Waals surface area contributed by atoms with Gasteiger partial charge in [-0.3, -0.25) is 0 Å². The minimum Gasteiger partial charge on any atom is -0.367 e. The van der Waals surface area contributed by atoms with Crippen molar-refractivity contribution in [2.75, 3.05) is 11.5 Å². The molecule has 0 spiro atoms. The molecule has 0 saturated heterocycles. The van der Waals surface area contributed by atoms with Gasteiger partial charge in [0.1, 0.15) is 9.79 Å². The molecule has 0 bridgehead atoms. The zero-order valence-corrected chi connectivity index (χ0v) is 10.3. The number of rotatable bonds is 3. The molecule has 2 heterocycles. The van der Waals surface area contributed by atoms with Crippen LogP contribution in [0.5, 0.6) is 0 Å². The van der Waals surface area contributed by atoms with Crippen LogP contribution in [0.2, 0.25) is 0 Å². The topological polar surface area (TPSA) is 104 Å². The lowest BCUT2D eigenvalue weighted by molar-refractivity contribution is 0.430. The molecule has 2 rings (SSSR count). The Labute approximate surface area is 99.5 Å². The molecule has 4 N–H and O–H groups in total. The fraction of sp³-hybridized carbons (Fsp3) is 0.250. The fourth-order valence-electron chi connectivity index (χ4n) is 1.04. The van der Waals surface area contributed by atoms with Crippen molar-refractivity contribution in [3.63, 3.8) is 0 Å². The first-order chi connectivity index (χ1) is 7.59. The van der Waals surface area contributed by atoms with Gasteiger partial charge in [0.2, 0.25) is 11.8 Å². The number of nitrogen functional groups attached to an aromatic ring is 2. The molecule has 16 heavy (non-hydrogen) atoms. The first-order valence-electron chi connectivity index (χ1n) is 4.37. The Morgan fingerprint density at radius 3 is 1.50 bits per heavy atom. The predicted molar refractivity (Wildman–Crippen MR) is 63.0 cm³/mol. The summed E-state index contributed by atoms with van der Waals surface area (Å²) in [6, 6.07) is 0. The van der Waals surface area contributed by atoms with Crippen LogP contribution in [0.15, 0.2) is 18.8 Å². The molecule has 86 valence electrons. The van der Waals surface area contributed by atoms with Gasteiger partial charge in [-0.25, -0.2) is 0 Å². The molecular formula is C8H10N4O2S2. The van der Waals surface area contributed by atoms with Crippen molar-refractivity contribution in [2.45, 2.75) is 23.6 Å². The first-order valence-corrected chi connectivity index (χ1v) is 6.52. The summed E-state index contributed by atoms with van der Waals surface area (Å²) >= 11 is 0. The molecule has 8 heteroatoms. The number of nitrogens with zero attached hydrogens (tertiary/aromatic N) is 2. The Kier molecular flexibility index (Phi) is 3.01. The second kappa shape index (κ2) is 4.30. The Hall–Kier alpha value is -1.28. The maximum absolute atomic E-state index is 5.62. The molecular weight excluding hydrogens is 248 g/mol. The Morgan fingerprint density at radius 1 is 0.875 bits per heavy atom. The van der Waals surface area contributed by atoms with Crippen LogP contribution in [0.1, 0.15) is 11.4 Å². The summed E-state index contributed by atoms with van der Waals surface area (Å²) in [5.41, 5.74) is 12.8. The quantitative estimate of drug-likeness (QED) is 0.808. The third-order valence-electron chi connectivity index (χ3n) is 1.87. The highest BCUT2D eigenvalue weighted by atomic mass is 33.1. The Morgan fingerprint density at radius 2 is 1.25 bits per heavy atom. The minimum absolute atomic E-state index is 0.308. The molecule has 2 aromatic rings. The van der Waals surface area contributed by atoms with Crippen molar-refractivity contribution in [2.24, 2.45) is 0 Å². The highest BCUT2D eigenvalue weighted by molar-refractivity contribution is 8.76. The smallest absolute Gasteiger partial charge is 0.236 e. The molecule has 0 aliphatic carbocycles. The van der Waals surface area contributed by atoms with Gasteiger partial charge in [-0.2, -0.15) is 0 Å². The highest BCUT2D eigenvalue weighted by Crippen LogP contribution is 2.44. The van der Waals surface area contributed by atoms with Crippen LogP contribution in [-0.2, 0) is 0 Å². The van der Waals surface area contributed by atoms with E-state index in [-0.39, 0.29) is 0 Å². The fourth-order valence-corrected chi connectivity index (χ4v) is 3.48. The van der Waals surface area contributed by atoms with Gasteiger partial charge in [-0.1, -0.05) is 10.3 Å². The van der Waals surface area contributed by atoms with Gasteiger partial charge in [0.05, 0.1) is 11.4 Å². The van der Waals surface area contributed by atoms with Gasteiger partial charge in [-0.15, -0.1) is 0 Å². The lowest BCUT2D eigenvalue weighted by Gasteiger charge is -1.98. The third kappa shape index (κ3) is 1.98. The van der Waals surface area contributed by atoms with E-state index in [0.29, 0.717) is 11.8 Å². The average Bonchev–Trinajstić information content (AvgIpc) is 2.72. The molecule has 2 aromatic heterocycles. The Balaban J connectivity index is 2.14.